The molecule has 2 heterocycles. The Morgan fingerprint density at radius 3 is 2.54 bits per heavy atom. The van der Waals surface area contributed by atoms with E-state index in [2.05, 4.69) is 9.88 Å². The molecule has 1 saturated carbocycles. The van der Waals surface area contributed by atoms with Crippen molar-refractivity contribution in [1.29, 1.82) is 0 Å². The molecule has 1 aromatic carbocycles. The van der Waals surface area contributed by atoms with Gasteiger partial charge in [-0.1, -0.05) is 12.1 Å². The number of nitrogens with zero attached hydrogens (tertiary/aromatic N) is 3. The summed E-state index contributed by atoms with van der Waals surface area (Å²) in [7, 11) is 1.51. The number of para-hydroxylation sites is 2. The van der Waals surface area contributed by atoms with Crippen LogP contribution >= 0.6 is 0 Å². The van der Waals surface area contributed by atoms with E-state index >= 15 is 0 Å². The molecule has 0 radical (unpaired) electrons. The molecule has 4 rings (SSSR count). The molecule has 0 bridgehead atoms. The van der Waals surface area contributed by atoms with Crippen molar-refractivity contribution in [3.63, 3.8) is 0 Å². The number of amides is 1. The fourth-order valence-corrected chi connectivity index (χ4v) is 3.22. The van der Waals surface area contributed by atoms with Crippen LogP contribution in [0.4, 0.5) is 11.4 Å². The van der Waals surface area contributed by atoms with Gasteiger partial charge in [-0.25, -0.2) is 4.79 Å². The zero-order valence-corrected chi connectivity index (χ0v) is 13.4. The number of hydrogen-bond donors (Lipinski definition) is 1. The number of aromatic nitrogens is 2. The van der Waals surface area contributed by atoms with E-state index < -0.39 is 11.2 Å². The van der Waals surface area contributed by atoms with E-state index in [0.29, 0.717) is 12.6 Å². The quantitative estimate of drug-likeness (QED) is 0.881. The van der Waals surface area contributed by atoms with Gasteiger partial charge in [0.1, 0.15) is 5.56 Å². The first-order chi connectivity index (χ1) is 11.6. The number of fused-ring (bicyclic) bond motifs is 1. The number of anilines is 2. The first kappa shape index (κ1) is 14.7. The predicted molar refractivity (Wildman–Crippen MR) is 90.8 cm³/mol. The molecule has 1 aliphatic heterocycles. The summed E-state index contributed by atoms with van der Waals surface area (Å²) < 4.78 is 1.21. The Balaban J connectivity index is 1.75. The minimum Gasteiger partial charge on any atom is -0.365 e. The highest BCUT2D eigenvalue weighted by Gasteiger charge is 2.36. The lowest BCUT2D eigenvalue weighted by Gasteiger charge is -2.37. The molecule has 7 heteroatoms. The van der Waals surface area contributed by atoms with Gasteiger partial charge in [0.2, 0.25) is 0 Å². The number of H-pyrrole nitrogens is 1. The van der Waals surface area contributed by atoms with Crippen molar-refractivity contribution >= 4 is 17.3 Å². The summed E-state index contributed by atoms with van der Waals surface area (Å²) in [6.07, 6.45) is 3.67. The van der Waals surface area contributed by atoms with E-state index in [1.165, 1.54) is 30.7 Å². The molecular formula is C17H18N4O3. The van der Waals surface area contributed by atoms with Gasteiger partial charge >= 0.3 is 5.69 Å². The van der Waals surface area contributed by atoms with Crippen molar-refractivity contribution in [2.45, 2.75) is 18.9 Å². The molecule has 2 aromatic rings. The second kappa shape index (κ2) is 5.36. The van der Waals surface area contributed by atoms with E-state index in [9.17, 15) is 14.4 Å². The number of carbonyl (C=O) groups excluding carboxylic acids is 1. The molecule has 7 nitrogen and oxygen atoms in total. The van der Waals surface area contributed by atoms with E-state index in [0.717, 1.165) is 17.9 Å². The predicted octanol–water partition coefficient (Wildman–Crippen LogP) is 0.703. The maximum atomic E-state index is 12.9. The number of aromatic amines is 1. The SMILES string of the molecule is Cn1cc(C(=O)N2CCN(C3CC3)c3ccccc32)c(=O)[nH]c1=O. The zero-order chi connectivity index (χ0) is 16.8. The van der Waals surface area contributed by atoms with Crippen LogP contribution in [-0.2, 0) is 7.05 Å². The van der Waals surface area contributed by atoms with Crippen molar-refractivity contribution < 1.29 is 4.79 Å². The first-order valence-corrected chi connectivity index (χ1v) is 8.04. The Labute approximate surface area is 138 Å². The Kier molecular flexibility index (Phi) is 3.30. The van der Waals surface area contributed by atoms with Gasteiger partial charge in [0, 0.05) is 32.4 Å². The van der Waals surface area contributed by atoms with Crippen LogP contribution in [0.5, 0.6) is 0 Å². The molecule has 1 aliphatic carbocycles. The molecule has 1 N–H and O–H groups in total. The van der Waals surface area contributed by atoms with Crippen LogP contribution in [0, 0.1) is 0 Å². The van der Waals surface area contributed by atoms with Gasteiger partial charge in [0.15, 0.2) is 0 Å². The maximum absolute atomic E-state index is 12.9. The number of hydrogen-bond acceptors (Lipinski definition) is 4. The van der Waals surface area contributed by atoms with Crippen LogP contribution in [0.1, 0.15) is 23.2 Å². The summed E-state index contributed by atoms with van der Waals surface area (Å²) in [4.78, 5) is 42.6. The Morgan fingerprint density at radius 2 is 1.83 bits per heavy atom. The summed E-state index contributed by atoms with van der Waals surface area (Å²) in [5.74, 6) is -0.380. The number of rotatable bonds is 2. The topological polar surface area (TPSA) is 78.4 Å². The molecule has 1 fully saturated rings. The molecule has 1 amide bonds. The Hall–Kier alpha value is -2.83. The normalized spacial score (nSPS) is 16.9. The molecule has 0 atom stereocenters. The second-order valence-electron chi connectivity index (χ2n) is 6.28. The number of aryl methyl sites for hydroxylation is 1. The van der Waals surface area contributed by atoms with Gasteiger partial charge in [0.05, 0.1) is 11.4 Å². The fourth-order valence-electron chi connectivity index (χ4n) is 3.22. The van der Waals surface area contributed by atoms with E-state index in [-0.39, 0.29) is 11.5 Å². The second-order valence-corrected chi connectivity index (χ2v) is 6.28. The van der Waals surface area contributed by atoms with Gasteiger partial charge in [-0.3, -0.25) is 14.6 Å². The lowest BCUT2D eigenvalue weighted by atomic mass is 10.1. The lowest BCUT2D eigenvalue weighted by Crippen LogP contribution is -2.46. The van der Waals surface area contributed by atoms with Crippen LogP contribution in [0.25, 0.3) is 0 Å². The van der Waals surface area contributed by atoms with E-state index in [1.54, 1.807) is 4.90 Å². The van der Waals surface area contributed by atoms with Crippen LogP contribution in [-0.4, -0.2) is 34.6 Å². The van der Waals surface area contributed by atoms with E-state index in [1.807, 2.05) is 24.3 Å². The molecule has 0 saturated heterocycles. The van der Waals surface area contributed by atoms with Crippen molar-refractivity contribution in [2.24, 2.45) is 7.05 Å². The van der Waals surface area contributed by atoms with Gasteiger partial charge in [-0.05, 0) is 25.0 Å². The fraction of sp³-hybridized carbons (Fsp3) is 0.353. The third kappa shape index (κ3) is 2.33. The van der Waals surface area contributed by atoms with Gasteiger partial charge in [-0.2, -0.15) is 0 Å². The smallest absolute Gasteiger partial charge is 0.328 e. The number of nitrogens with one attached hydrogen (secondary N) is 1. The van der Waals surface area contributed by atoms with Crippen molar-refractivity contribution in [3.8, 4) is 0 Å². The van der Waals surface area contributed by atoms with Crippen molar-refractivity contribution in [1.82, 2.24) is 9.55 Å². The Bertz CT molecular complexity index is 926. The van der Waals surface area contributed by atoms with Crippen molar-refractivity contribution in [2.75, 3.05) is 22.9 Å². The molecular weight excluding hydrogens is 308 g/mol. The van der Waals surface area contributed by atoms with Crippen LogP contribution in [0.15, 0.2) is 40.1 Å². The van der Waals surface area contributed by atoms with Gasteiger partial charge in [-0.15, -0.1) is 0 Å². The zero-order valence-electron chi connectivity index (χ0n) is 13.4. The maximum Gasteiger partial charge on any atom is 0.328 e. The van der Waals surface area contributed by atoms with Gasteiger partial charge in [0.25, 0.3) is 11.5 Å². The van der Waals surface area contributed by atoms with E-state index in [4.69, 9.17) is 0 Å². The highest BCUT2D eigenvalue weighted by molar-refractivity contribution is 6.08. The molecule has 2 aliphatic rings. The highest BCUT2D eigenvalue weighted by atomic mass is 16.2. The Morgan fingerprint density at radius 1 is 1.12 bits per heavy atom. The lowest BCUT2D eigenvalue weighted by molar-refractivity contribution is 0.0984. The van der Waals surface area contributed by atoms with Gasteiger partial charge < -0.3 is 14.4 Å². The van der Waals surface area contributed by atoms with Crippen LogP contribution in [0.3, 0.4) is 0 Å². The minimum absolute atomic E-state index is 0.0215. The summed E-state index contributed by atoms with van der Waals surface area (Å²) >= 11 is 0. The summed E-state index contributed by atoms with van der Waals surface area (Å²) in [6.45, 7) is 1.27. The average Bonchev–Trinajstić information content (AvgIpc) is 3.41. The van der Waals surface area contributed by atoms with Crippen LogP contribution < -0.4 is 21.0 Å². The number of benzene rings is 1. The largest absolute Gasteiger partial charge is 0.365 e. The highest BCUT2D eigenvalue weighted by Crippen LogP contribution is 2.40. The molecule has 0 spiro atoms. The molecule has 0 unspecified atom stereocenters. The van der Waals surface area contributed by atoms with Crippen molar-refractivity contribution in [3.05, 3.63) is 56.9 Å². The average molecular weight is 326 g/mol. The molecule has 1 aromatic heterocycles. The molecule has 124 valence electrons. The third-order valence-electron chi connectivity index (χ3n) is 4.62. The third-order valence-corrected chi connectivity index (χ3v) is 4.62. The number of carbonyl (C=O) groups is 1. The summed E-state index contributed by atoms with van der Waals surface area (Å²) in [5.41, 5.74) is 0.641. The first-order valence-electron chi connectivity index (χ1n) is 8.04. The van der Waals surface area contributed by atoms with Crippen LogP contribution in [0.2, 0.25) is 0 Å². The minimum atomic E-state index is -0.648. The molecule has 24 heavy (non-hydrogen) atoms. The monoisotopic (exact) mass is 326 g/mol. The summed E-state index contributed by atoms with van der Waals surface area (Å²) in [6, 6.07) is 8.32. The standard InChI is InChI=1S/C17H18N4O3/c1-19-10-12(15(22)18-17(19)24)16(23)21-9-8-20(11-6-7-11)13-4-2-3-5-14(13)21/h2-5,10-11H,6-9H2,1H3,(H,18,22,24). The summed E-state index contributed by atoms with van der Waals surface area (Å²) in [5, 5.41) is 0.